The van der Waals surface area contributed by atoms with E-state index >= 15 is 0 Å². The van der Waals surface area contributed by atoms with Crippen LogP contribution >= 0.6 is 11.3 Å². The Bertz CT molecular complexity index is 850. The molecule has 3 aromatic heterocycles. The van der Waals surface area contributed by atoms with Gasteiger partial charge in [0.1, 0.15) is 15.0 Å². The van der Waals surface area contributed by atoms with Crippen LogP contribution in [-0.2, 0) is 6.54 Å². The summed E-state index contributed by atoms with van der Waals surface area (Å²) in [5.41, 5.74) is 2.69. The zero-order valence-corrected chi connectivity index (χ0v) is 12.6. The predicted molar refractivity (Wildman–Crippen MR) is 81.4 cm³/mol. The van der Waals surface area contributed by atoms with E-state index in [0.717, 1.165) is 34.3 Å². The minimum Gasteiger partial charge on any atom is -0.266 e. The first-order chi connectivity index (χ1) is 9.61. The lowest BCUT2D eigenvalue weighted by Gasteiger charge is -2.01. The molecule has 6 heteroatoms. The Hall–Kier alpha value is -1.82. The van der Waals surface area contributed by atoms with Gasteiger partial charge in [0.05, 0.1) is 0 Å². The molecule has 0 aliphatic rings. The van der Waals surface area contributed by atoms with E-state index in [4.69, 9.17) is 0 Å². The first-order valence-corrected chi connectivity index (χ1v) is 7.57. The van der Waals surface area contributed by atoms with E-state index in [1.54, 1.807) is 0 Å². The molecular formula is C14H16N4OS. The highest BCUT2D eigenvalue weighted by Gasteiger charge is 2.15. The summed E-state index contributed by atoms with van der Waals surface area (Å²) in [6, 6.07) is 2.01. The lowest BCUT2D eigenvalue weighted by molar-refractivity contribution is 0.521. The van der Waals surface area contributed by atoms with Gasteiger partial charge in [-0.1, -0.05) is 18.6 Å². The second kappa shape index (κ2) is 4.94. The van der Waals surface area contributed by atoms with Crippen LogP contribution in [0.2, 0.25) is 0 Å². The molecule has 0 spiro atoms. The van der Waals surface area contributed by atoms with Gasteiger partial charge in [0, 0.05) is 17.6 Å². The smallest absolute Gasteiger partial charge is 0.266 e. The number of hydrogen-bond acceptors (Lipinski definition) is 5. The third kappa shape index (κ3) is 2.00. The molecule has 0 aliphatic heterocycles. The molecule has 3 rings (SSSR count). The molecule has 3 heterocycles. The van der Waals surface area contributed by atoms with Crippen LogP contribution < -0.4 is 5.56 Å². The fraction of sp³-hybridized carbons (Fsp3) is 0.429. The maximum absolute atomic E-state index is 12.4. The van der Waals surface area contributed by atoms with Crippen molar-refractivity contribution < 1.29 is 0 Å². The van der Waals surface area contributed by atoms with Crippen LogP contribution in [0.15, 0.2) is 10.9 Å². The molecule has 104 valence electrons. The first-order valence-electron chi connectivity index (χ1n) is 6.76. The van der Waals surface area contributed by atoms with Gasteiger partial charge < -0.3 is 0 Å². The summed E-state index contributed by atoms with van der Waals surface area (Å²) in [5, 5.41) is 9.28. The summed E-state index contributed by atoms with van der Waals surface area (Å²) in [6.07, 6.45) is 1.96. The molecule has 0 aromatic carbocycles. The van der Waals surface area contributed by atoms with E-state index in [1.807, 2.05) is 19.9 Å². The molecule has 0 fully saturated rings. The lowest BCUT2D eigenvalue weighted by Crippen LogP contribution is -2.23. The maximum Gasteiger partial charge on any atom is 0.287 e. The molecule has 0 atom stereocenters. The largest absolute Gasteiger partial charge is 0.287 e. The second-order valence-corrected chi connectivity index (χ2v) is 6.01. The van der Waals surface area contributed by atoms with Gasteiger partial charge in [-0.3, -0.25) is 4.79 Å². The highest BCUT2D eigenvalue weighted by Crippen LogP contribution is 2.31. The third-order valence-electron chi connectivity index (χ3n) is 3.37. The maximum atomic E-state index is 12.4. The molecule has 3 aromatic rings. The van der Waals surface area contributed by atoms with Crippen LogP contribution in [0.4, 0.5) is 0 Å². The lowest BCUT2D eigenvalue weighted by atomic mass is 10.1. The first kappa shape index (κ1) is 13.2. The molecule has 0 bridgehead atoms. The average molecular weight is 288 g/mol. The van der Waals surface area contributed by atoms with E-state index in [1.165, 1.54) is 16.0 Å². The Kier molecular flexibility index (Phi) is 3.25. The molecule has 0 amide bonds. The summed E-state index contributed by atoms with van der Waals surface area (Å²) in [6.45, 7) is 6.69. The molecular weight excluding hydrogens is 272 g/mol. The summed E-state index contributed by atoms with van der Waals surface area (Å²) in [5.74, 6) is 0. The minimum absolute atomic E-state index is 0.0523. The van der Waals surface area contributed by atoms with Crippen LogP contribution in [0.5, 0.6) is 0 Å². The SMILES string of the molecule is CCCCn1nnc2c(sc3nc(C)cc(C)c32)c1=O. The van der Waals surface area contributed by atoms with Gasteiger partial charge in [-0.15, -0.1) is 16.4 Å². The molecule has 0 saturated heterocycles. The fourth-order valence-corrected chi connectivity index (χ4v) is 3.55. The van der Waals surface area contributed by atoms with E-state index < -0.39 is 0 Å². The molecule has 0 radical (unpaired) electrons. The van der Waals surface area contributed by atoms with Gasteiger partial charge in [0.15, 0.2) is 0 Å². The van der Waals surface area contributed by atoms with Crippen LogP contribution in [0.1, 0.15) is 31.0 Å². The normalized spacial score (nSPS) is 11.6. The average Bonchev–Trinajstić information content (AvgIpc) is 2.77. The van der Waals surface area contributed by atoms with Gasteiger partial charge in [0.25, 0.3) is 5.56 Å². The molecule has 5 nitrogen and oxygen atoms in total. The minimum atomic E-state index is -0.0523. The summed E-state index contributed by atoms with van der Waals surface area (Å²) >= 11 is 1.42. The number of pyridine rings is 1. The number of aryl methyl sites for hydroxylation is 3. The van der Waals surface area contributed by atoms with Crippen LogP contribution in [0, 0.1) is 13.8 Å². The summed E-state index contributed by atoms with van der Waals surface area (Å²) in [4.78, 5) is 17.8. The standard InChI is InChI=1S/C14H16N4OS/c1-4-5-6-18-14(19)12-11(16-17-18)10-8(2)7-9(3)15-13(10)20-12/h7H,4-6H2,1-3H3. The number of aromatic nitrogens is 4. The summed E-state index contributed by atoms with van der Waals surface area (Å²) in [7, 11) is 0. The molecule has 0 saturated carbocycles. The van der Waals surface area contributed by atoms with Crippen molar-refractivity contribution in [1.82, 2.24) is 20.0 Å². The highest BCUT2D eigenvalue weighted by molar-refractivity contribution is 7.25. The molecule has 20 heavy (non-hydrogen) atoms. The van der Waals surface area contributed by atoms with Gasteiger partial charge in [-0.2, -0.15) is 0 Å². The Morgan fingerprint density at radius 1 is 1.35 bits per heavy atom. The van der Waals surface area contributed by atoms with Crippen LogP contribution in [-0.4, -0.2) is 20.0 Å². The quantitative estimate of drug-likeness (QED) is 0.743. The van der Waals surface area contributed by atoms with E-state index in [9.17, 15) is 4.79 Å². The van der Waals surface area contributed by atoms with Crippen molar-refractivity contribution in [3.05, 3.63) is 27.7 Å². The third-order valence-corrected chi connectivity index (χ3v) is 4.43. The number of thiophene rings is 1. The second-order valence-electron chi connectivity index (χ2n) is 5.01. The van der Waals surface area contributed by atoms with Crippen molar-refractivity contribution >= 4 is 31.8 Å². The Morgan fingerprint density at radius 3 is 2.90 bits per heavy atom. The van der Waals surface area contributed by atoms with Crippen LogP contribution in [0.25, 0.3) is 20.4 Å². The predicted octanol–water partition coefficient (Wildman–Crippen LogP) is 2.82. The van der Waals surface area contributed by atoms with Crippen LogP contribution in [0.3, 0.4) is 0 Å². The topological polar surface area (TPSA) is 60.7 Å². The van der Waals surface area contributed by atoms with E-state index in [-0.39, 0.29) is 5.56 Å². The highest BCUT2D eigenvalue weighted by atomic mass is 32.1. The van der Waals surface area contributed by atoms with Crippen molar-refractivity contribution in [1.29, 1.82) is 0 Å². The van der Waals surface area contributed by atoms with Crippen molar-refractivity contribution in [2.24, 2.45) is 0 Å². The number of hydrogen-bond donors (Lipinski definition) is 0. The van der Waals surface area contributed by atoms with Gasteiger partial charge in [0.2, 0.25) is 0 Å². The zero-order valence-electron chi connectivity index (χ0n) is 11.8. The van der Waals surface area contributed by atoms with Crippen molar-refractivity contribution in [3.8, 4) is 0 Å². The zero-order chi connectivity index (χ0) is 14.3. The molecule has 0 aliphatic carbocycles. The number of fused-ring (bicyclic) bond motifs is 3. The number of rotatable bonds is 3. The van der Waals surface area contributed by atoms with Crippen molar-refractivity contribution in [2.75, 3.05) is 0 Å². The van der Waals surface area contributed by atoms with Gasteiger partial charge >= 0.3 is 0 Å². The van der Waals surface area contributed by atoms with E-state index in [2.05, 4.69) is 22.2 Å². The molecule has 0 unspecified atom stereocenters. The van der Waals surface area contributed by atoms with Gasteiger partial charge in [-0.05, 0) is 31.9 Å². The fourth-order valence-electron chi connectivity index (χ4n) is 2.37. The van der Waals surface area contributed by atoms with Crippen molar-refractivity contribution in [3.63, 3.8) is 0 Å². The van der Waals surface area contributed by atoms with E-state index in [0.29, 0.717) is 16.8 Å². The number of unbranched alkanes of at least 4 members (excludes halogenated alkanes) is 1. The van der Waals surface area contributed by atoms with Crippen molar-refractivity contribution in [2.45, 2.75) is 40.2 Å². The summed E-state index contributed by atoms with van der Waals surface area (Å²) < 4.78 is 2.12. The Balaban J connectivity index is 2.31. The van der Waals surface area contributed by atoms with Gasteiger partial charge in [-0.25, -0.2) is 9.67 Å². The monoisotopic (exact) mass is 288 g/mol. The molecule has 0 N–H and O–H groups in total. The Morgan fingerprint density at radius 2 is 2.15 bits per heavy atom. The number of nitrogens with zero attached hydrogens (tertiary/aromatic N) is 4. The Labute approximate surface area is 120 Å².